The van der Waals surface area contributed by atoms with Crippen LogP contribution >= 0.6 is 0 Å². The van der Waals surface area contributed by atoms with E-state index >= 15 is 0 Å². The van der Waals surface area contributed by atoms with Crippen LogP contribution in [0.3, 0.4) is 0 Å². The number of likely N-dealkylation sites (tertiary alicyclic amines) is 1. The molecule has 0 saturated carbocycles. The fraction of sp³-hybridized carbons (Fsp3) is 0.750. The molecule has 1 fully saturated rings. The van der Waals surface area contributed by atoms with E-state index in [-0.39, 0.29) is 6.04 Å². The molecule has 0 aromatic rings. The Morgan fingerprint density at radius 3 is 2.69 bits per heavy atom. The Kier molecular flexibility index (Phi) is 3.25. The zero-order chi connectivity index (χ0) is 9.84. The Morgan fingerprint density at radius 1 is 1.38 bits per heavy atom. The summed E-state index contributed by atoms with van der Waals surface area (Å²) in [6.07, 6.45) is 2.67. The molecule has 5 heteroatoms. The van der Waals surface area contributed by atoms with Gasteiger partial charge < -0.3 is 15.7 Å². The van der Waals surface area contributed by atoms with Gasteiger partial charge in [-0.2, -0.15) is 0 Å². The lowest BCUT2D eigenvalue weighted by Crippen LogP contribution is -2.42. The number of rotatable bonds is 0. The molecule has 1 saturated heterocycles. The van der Waals surface area contributed by atoms with Crippen LogP contribution in [0.4, 0.5) is 0 Å². The van der Waals surface area contributed by atoms with Gasteiger partial charge in [-0.15, -0.1) is 0 Å². The predicted molar refractivity (Wildman–Crippen MR) is 46.0 cm³/mol. The number of nitrogens with zero attached hydrogens (tertiary/aromatic N) is 1. The minimum Gasteiger partial charge on any atom is -0.474 e. The summed E-state index contributed by atoms with van der Waals surface area (Å²) < 4.78 is 0. The highest BCUT2D eigenvalue weighted by atomic mass is 16.4. The summed E-state index contributed by atoms with van der Waals surface area (Å²) in [4.78, 5) is 22.8. The third-order valence-corrected chi connectivity index (χ3v) is 2.18. The Balaban J connectivity index is 2.57. The van der Waals surface area contributed by atoms with Gasteiger partial charge in [-0.05, 0) is 12.8 Å². The van der Waals surface area contributed by atoms with Crippen LogP contribution in [0.5, 0.6) is 0 Å². The largest absolute Gasteiger partial charge is 0.474 e. The van der Waals surface area contributed by atoms with Crippen molar-refractivity contribution < 1.29 is 14.7 Å². The van der Waals surface area contributed by atoms with Crippen LogP contribution in [0.2, 0.25) is 0 Å². The van der Waals surface area contributed by atoms with Gasteiger partial charge in [0.15, 0.2) is 0 Å². The Labute approximate surface area is 76.5 Å². The molecule has 5 nitrogen and oxygen atoms in total. The van der Waals surface area contributed by atoms with Crippen molar-refractivity contribution in [1.82, 2.24) is 4.90 Å². The molecule has 1 heterocycles. The SMILES string of the molecule is NC1CCCCN(C(=O)C(=O)O)C1. The van der Waals surface area contributed by atoms with Crippen molar-refractivity contribution in [2.45, 2.75) is 25.3 Å². The summed E-state index contributed by atoms with van der Waals surface area (Å²) in [5.74, 6) is -2.23. The lowest BCUT2D eigenvalue weighted by atomic mass is 10.2. The van der Waals surface area contributed by atoms with E-state index in [4.69, 9.17) is 10.8 Å². The first-order valence-electron chi connectivity index (χ1n) is 4.39. The number of carbonyl (C=O) groups is 2. The molecule has 0 aromatic carbocycles. The number of hydrogen-bond acceptors (Lipinski definition) is 3. The number of carboxylic acids is 1. The van der Waals surface area contributed by atoms with Gasteiger partial charge in [-0.1, -0.05) is 6.42 Å². The van der Waals surface area contributed by atoms with Crippen molar-refractivity contribution in [3.8, 4) is 0 Å². The molecule has 0 radical (unpaired) electrons. The first-order chi connectivity index (χ1) is 6.11. The van der Waals surface area contributed by atoms with Gasteiger partial charge in [0.2, 0.25) is 0 Å². The fourth-order valence-electron chi connectivity index (χ4n) is 1.49. The topological polar surface area (TPSA) is 83.6 Å². The normalized spacial score (nSPS) is 23.8. The van der Waals surface area contributed by atoms with Gasteiger partial charge in [0.05, 0.1) is 0 Å². The summed E-state index contributed by atoms with van der Waals surface area (Å²) in [6.45, 7) is 0.879. The molecule has 0 aromatic heterocycles. The van der Waals surface area contributed by atoms with E-state index < -0.39 is 11.9 Å². The lowest BCUT2D eigenvalue weighted by molar-refractivity contribution is -0.155. The average Bonchev–Trinajstić information content (AvgIpc) is 2.28. The number of hydrogen-bond donors (Lipinski definition) is 2. The maximum Gasteiger partial charge on any atom is 0.394 e. The van der Waals surface area contributed by atoms with Crippen LogP contribution in [0.1, 0.15) is 19.3 Å². The summed E-state index contributed by atoms with van der Waals surface area (Å²) in [7, 11) is 0. The van der Waals surface area contributed by atoms with Crippen molar-refractivity contribution in [2.24, 2.45) is 5.73 Å². The zero-order valence-corrected chi connectivity index (χ0v) is 7.40. The monoisotopic (exact) mass is 186 g/mol. The second-order valence-electron chi connectivity index (χ2n) is 3.31. The highest BCUT2D eigenvalue weighted by molar-refractivity contribution is 6.31. The van der Waals surface area contributed by atoms with E-state index in [1.54, 1.807) is 0 Å². The van der Waals surface area contributed by atoms with Crippen LogP contribution in [-0.4, -0.2) is 41.0 Å². The number of amides is 1. The lowest BCUT2D eigenvalue weighted by Gasteiger charge is -2.20. The first-order valence-corrected chi connectivity index (χ1v) is 4.39. The molecule has 1 unspecified atom stereocenters. The molecule has 0 spiro atoms. The quantitative estimate of drug-likeness (QED) is 0.495. The Hall–Kier alpha value is -1.10. The zero-order valence-electron chi connectivity index (χ0n) is 7.40. The maximum absolute atomic E-state index is 11.1. The van der Waals surface area contributed by atoms with Gasteiger partial charge in [0.25, 0.3) is 0 Å². The van der Waals surface area contributed by atoms with Crippen molar-refractivity contribution in [1.29, 1.82) is 0 Å². The summed E-state index contributed by atoms with van der Waals surface area (Å²) >= 11 is 0. The molecule has 0 aliphatic carbocycles. The molecule has 1 amide bonds. The van der Waals surface area contributed by atoms with E-state index in [9.17, 15) is 9.59 Å². The molecular weight excluding hydrogens is 172 g/mol. The van der Waals surface area contributed by atoms with Gasteiger partial charge in [0, 0.05) is 19.1 Å². The molecule has 1 aliphatic rings. The predicted octanol–water partition coefficient (Wildman–Crippen LogP) is -0.589. The molecule has 3 N–H and O–H groups in total. The average molecular weight is 186 g/mol. The molecule has 1 rings (SSSR count). The van der Waals surface area contributed by atoms with Gasteiger partial charge in [0.1, 0.15) is 0 Å². The fourth-order valence-corrected chi connectivity index (χ4v) is 1.49. The van der Waals surface area contributed by atoms with E-state index in [0.29, 0.717) is 13.1 Å². The van der Waals surface area contributed by atoms with Crippen molar-refractivity contribution in [2.75, 3.05) is 13.1 Å². The van der Waals surface area contributed by atoms with Gasteiger partial charge in [-0.25, -0.2) is 4.79 Å². The summed E-state index contributed by atoms with van der Waals surface area (Å²) in [5.41, 5.74) is 5.68. The minimum atomic E-state index is -1.39. The Bertz CT molecular complexity index is 217. The van der Waals surface area contributed by atoms with Crippen molar-refractivity contribution in [3.05, 3.63) is 0 Å². The van der Waals surface area contributed by atoms with Crippen LogP contribution in [0.15, 0.2) is 0 Å². The second kappa shape index (κ2) is 4.23. The summed E-state index contributed by atoms with van der Waals surface area (Å²) in [6, 6.07) is -0.0780. The molecule has 0 bridgehead atoms. The van der Waals surface area contributed by atoms with E-state index in [0.717, 1.165) is 19.3 Å². The van der Waals surface area contributed by atoms with E-state index in [1.807, 2.05) is 0 Å². The minimum absolute atomic E-state index is 0.0780. The Morgan fingerprint density at radius 2 is 2.08 bits per heavy atom. The van der Waals surface area contributed by atoms with E-state index in [2.05, 4.69) is 0 Å². The smallest absolute Gasteiger partial charge is 0.394 e. The number of carbonyl (C=O) groups excluding carboxylic acids is 1. The highest BCUT2D eigenvalue weighted by Crippen LogP contribution is 2.09. The number of carboxylic acid groups (broad SMARTS) is 1. The van der Waals surface area contributed by atoms with Crippen LogP contribution in [0, 0.1) is 0 Å². The second-order valence-corrected chi connectivity index (χ2v) is 3.31. The molecule has 1 atom stereocenters. The third-order valence-electron chi connectivity index (χ3n) is 2.18. The van der Waals surface area contributed by atoms with Crippen LogP contribution in [0.25, 0.3) is 0 Å². The van der Waals surface area contributed by atoms with Crippen LogP contribution in [-0.2, 0) is 9.59 Å². The number of aliphatic carboxylic acids is 1. The van der Waals surface area contributed by atoms with Gasteiger partial charge >= 0.3 is 11.9 Å². The third kappa shape index (κ3) is 2.69. The van der Waals surface area contributed by atoms with Gasteiger partial charge in [-0.3, -0.25) is 4.79 Å². The maximum atomic E-state index is 11.1. The first kappa shape index (κ1) is 9.98. The molecule has 1 aliphatic heterocycles. The molecule has 74 valence electrons. The number of nitrogens with two attached hydrogens (primary N) is 1. The van der Waals surface area contributed by atoms with E-state index in [1.165, 1.54) is 4.90 Å². The highest BCUT2D eigenvalue weighted by Gasteiger charge is 2.24. The standard InChI is InChI=1S/C8H14N2O3/c9-6-3-1-2-4-10(5-6)7(11)8(12)13/h6H,1-5,9H2,(H,12,13). The van der Waals surface area contributed by atoms with Crippen molar-refractivity contribution in [3.63, 3.8) is 0 Å². The molecule has 13 heavy (non-hydrogen) atoms. The summed E-state index contributed by atoms with van der Waals surface area (Å²) in [5, 5.41) is 8.48. The van der Waals surface area contributed by atoms with Crippen LogP contribution < -0.4 is 5.73 Å². The van der Waals surface area contributed by atoms with Crippen molar-refractivity contribution >= 4 is 11.9 Å². The molecular formula is C8H14N2O3.